The van der Waals surface area contributed by atoms with E-state index in [1.54, 1.807) is 25.4 Å². The van der Waals surface area contributed by atoms with Gasteiger partial charge in [-0.1, -0.05) is 18.3 Å². The standard InChI is InChI=1S/C29H31FN8O2S/c1-5-27(39)33-22-17-23(25(40-3)18-24(22)37-14-12-36(2)13-15-37)32-26-16-21(10-11-31-26)38-28(34-35-29(38)41-4)19-6-8-20(30)9-7-19/h5-11,16-18H,1,12-15H2,2-4H3,(H,31,32)(H,33,39). The molecule has 0 bridgehead atoms. The molecule has 1 saturated heterocycles. The second-order valence-electron chi connectivity index (χ2n) is 9.43. The van der Waals surface area contributed by atoms with Crippen LogP contribution in [-0.4, -0.2) is 77.1 Å². The number of amides is 1. The molecule has 3 heterocycles. The molecular formula is C29H31FN8O2S. The van der Waals surface area contributed by atoms with Crippen molar-refractivity contribution in [2.24, 2.45) is 0 Å². The first-order valence-electron chi connectivity index (χ1n) is 13.0. The lowest BCUT2D eigenvalue weighted by molar-refractivity contribution is -0.111. The predicted molar refractivity (Wildman–Crippen MR) is 161 cm³/mol. The van der Waals surface area contributed by atoms with E-state index in [2.05, 4.69) is 49.2 Å². The van der Waals surface area contributed by atoms with Crippen LogP contribution in [0.1, 0.15) is 0 Å². The molecule has 0 unspecified atom stereocenters. The summed E-state index contributed by atoms with van der Waals surface area (Å²) in [6, 6.07) is 13.6. The molecule has 0 spiro atoms. The van der Waals surface area contributed by atoms with Crippen LogP contribution in [0.5, 0.6) is 5.75 Å². The quantitative estimate of drug-likeness (QED) is 0.215. The highest BCUT2D eigenvalue weighted by atomic mass is 32.2. The van der Waals surface area contributed by atoms with E-state index in [0.29, 0.717) is 33.9 Å². The number of rotatable bonds is 9. The number of likely N-dealkylation sites (N-methyl/N-ethyl adjacent to an activating group) is 1. The summed E-state index contributed by atoms with van der Waals surface area (Å²) >= 11 is 1.45. The minimum absolute atomic E-state index is 0.304. The molecule has 1 aliphatic rings. The summed E-state index contributed by atoms with van der Waals surface area (Å²) in [7, 11) is 3.70. The van der Waals surface area contributed by atoms with Gasteiger partial charge in [-0.2, -0.15) is 0 Å². The predicted octanol–water partition coefficient (Wildman–Crippen LogP) is 4.82. The Labute approximate surface area is 242 Å². The summed E-state index contributed by atoms with van der Waals surface area (Å²) in [4.78, 5) is 21.4. The lowest BCUT2D eigenvalue weighted by atomic mass is 10.1. The molecule has 10 nitrogen and oxygen atoms in total. The van der Waals surface area contributed by atoms with Crippen LogP contribution in [-0.2, 0) is 4.79 Å². The number of hydrogen-bond acceptors (Lipinski definition) is 9. The molecule has 1 aliphatic heterocycles. The van der Waals surface area contributed by atoms with Crippen molar-refractivity contribution in [1.82, 2.24) is 24.6 Å². The van der Waals surface area contributed by atoms with Gasteiger partial charge in [-0.15, -0.1) is 10.2 Å². The second-order valence-corrected chi connectivity index (χ2v) is 10.2. The largest absolute Gasteiger partial charge is 0.494 e. The molecule has 5 rings (SSSR count). The number of pyridine rings is 1. The molecule has 1 amide bonds. The van der Waals surface area contributed by atoms with Gasteiger partial charge < -0.3 is 25.2 Å². The molecule has 2 N–H and O–H groups in total. The number of carbonyl (C=O) groups excluding carboxylic acids is 1. The van der Waals surface area contributed by atoms with Gasteiger partial charge in [0, 0.05) is 50.1 Å². The number of anilines is 4. The third kappa shape index (κ3) is 6.18. The van der Waals surface area contributed by atoms with Crippen molar-refractivity contribution in [2.75, 3.05) is 62.1 Å². The number of methoxy groups -OCH3 is 1. The van der Waals surface area contributed by atoms with E-state index in [9.17, 15) is 9.18 Å². The van der Waals surface area contributed by atoms with Crippen molar-refractivity contribution in [2.45, 2.75) is 5.16 Å². The average Bonchev–Trinajstić information content (AvgIpc) is 3.42. The minimum Gasteiger partial charge on any atom is -0.494 e. The molecule has 41 heavy (non-hydrogen) atoms. The van der Waals surface area contributed by atoms with Crippen molar-refractivity contribution in [1.29, 1.82) is 0 Å². The fourth-order valence-corrected chi connectivity index (χ4v) is 5.11. The van der Waals surface area contributed by atoms with Gasteiger partial charge in [-0.3, -0.25) is 9.36 Å². The number of halogens is 1. The fraction of sp³-hybridized carbons (Fsp3) is 0.241. The first kappa shape index (κ1) is 28.1. The molecule has 2 aromatic carbocycles. The molecule has 1 fully saturated rings. The highest BCUT2D eigenvalue weighted by Gasteiger charge is 2.21. The number of benzene rings is 2. The SMILES string of the molecule is C=CC(=O)Nc1cc(Nc2cc(-n3c(SC)nnc3-c3ccc(F)cc3)ccn2)c(OC)cc1N1CCN(C)CC1. The number of thioether (sulfide) groups is 1. The zero-order chi connectivity index (χ0) is 28.9. The average molecular weight is 575 g/mol. The van der Waals surface area contributed by atoms with E-state index in [4.69, 9.17) is 4.74 Å². The van der Waals surface area contributed by atoms with E-state index in [-0.39, 0.29) is 11.7 Å². The number of nitrogens with zero attached hydrogens (tertiary/aromatic N) is 6. The van der Waals surface area contributed by atoms with Crippen LogP contribution in [0.3, 0.4) is 0 Å². The summed E-state index contributed by atoms with van der Waals surface area (Å²) in [5.74, 6) is 1.09. The lowest BCUT2D eigenvalue weighted by Crippen LogP contribution is -2.44. The van der Waals surface area contributed by atoms with E-state index in [0.717, 1.165) is 43.1 Å². The van der Waals surface area contributed by atoms with Crippen molar-refractivity contribution in [3.63, 3.8) is 0 Å². The molecule has 0 atom stereocenters. The maximum absolute atomic E-state index is 13.6. The van der Waals surface area contributed by atoms with E-state index in [1.165, 1.54) is 30.0 Å². The van der Waals surface area contributed by atoms with Crippen molar-refractivity contribution < 1.29 is 13.9 Å². The smallest absolute Gasteiger partial charge is 0.247 e. The third-order valence-electron chi connectivity index (χ3n) is 6.79. The number of nitrogens with one attached hydrogen (secondary N) is 2. The Morgan fingerprint density at radius 1 is 1.07 bits per heavy atom. The van der Waals surface area contributed by atoms with E-state index in [1.807, 2.05) is 35.1 Å². The number of hydrogen-bond donors (Lipinski definition) is 2. The monoisotopic (exact) mass is 574 g/mol. The Hall–Kier alpha value is -4.42. The summed E-state index contributed by atoms with van der Waals surface area (Å²) in [5.41, 5.74) is 3.64. The highest BCUT2D eigenvalue weighted by molar-refractivity contribution is 7.98. The first-order valence-corrected chi connectivity index (χ1v) is 14.2. The summed E-state index contributed by atoms with van der Waals surface area (Å²) in [5, 5.41) is 15.7. The summed E-state index contributed by atoms with van der Waals surface area (Å²) in [6.45, 7) is 7.06. The lowest BCUT2D eigenvalue weighted by Gasteiger charge is -2.35. The Bertz CT molecular complexity index is 1550. The van der Waals surface area contributed by atoms with Crippen LogP contribution >= 0.6 is 11.8 Å². The third-order valence-corrected chi connectivity index (χ3v) is 7.42. The Morgan fingerprint density at radius 3 is 2.51 bits per heavy atom. The first-order chi connectivity index (χ1) is 19.9. The van der Waals surface area contributed by atoms with Crippen molar-refractivity contribution in [3.8, 4) is 22.8 Å². The normalized spacial score (nSPS) is 13.6. The molecule has 2 aromatic heterocycles. The highest BCUT2D eigenvalue weighted by Crippen LogP contribution is 2.39. The molecular weight excluding hydrogens is 543 g/mol. The van der Waals surface area contributed by atoms with Crippen LogP contribution in [0, 0.1) is 5.82 Å². The maximum atomic E-state index is 13.6. The Balaban J connectivity index is 1.51. The number of piperazine rings is 1. The Kier molecular flexibility index (Phi) is 8.50. The summed E-state index contributed by atoms with van der Waals surface area (Å²) < 4.78 is 21.2. The molecule has 4 aromatic rings. The van der Waals surface area contributed by atoms with Gasteiger partial charge in [-0.05, 0) is 55.8 Å². The molecule has 0 radical (unpaired) electrons. The number of aromatic nitrogens is 4. The van der Waals surface area contributed by atoms with Crippen LogP contribution in [0.2, 0.25) is 0 Å². The van der Waals surface area contributed by atoms with Crippen LogP contribution < -0.4 is 20.3 Å². The second kappa shape index (κ2) is 12.4. The molecule has 0 aliphatic carbocycles. The van der Waals surface area contributed by atoms with Crippen LogP contribution in [0.15, 0.2) is 72.5 Å². The number of ether oxygens (including phenoxy) is 1. The van der Waals surface area contributed by atoms with Gasteiger partial charge in [-0.25, -0.2) is 9.37 Å². The van der Waals surface area contributed by atoms with Gasteiger partial charge >= 0.3 is 0 Å². The van der Waals surface area contributed by atoms with Gasteiger partial charge in [0.05, 0.1) is 29.9 Å². The van der Waals surface area contributed by atoms with Crippen LogP contribution in [0.4, 0.5) is 27.3 Å². The van der Waals surface area contributed by atoms with Gasteiger partial charge in [0.2, 0.25) is 5.91 Å². The van der Waals surface area contributed by atoms with Gasteiger partial charge in [0.1, 0.15) is 17.4 Å². The van der Waals surface area contributed by atoms with Crippen molar-refractivity contribution in [3.05, 3.63) is 73.2 Å². The van der Waals surface area contributed by atoms with E-state index >= 15 is 0 Å². The topological polar surface area (TPSA) is 100 Å². The van der Waals surface area contributed by atoms with Gasteiger partial charge in [0.25, 0.3) is 0 Å². The maximum Gasteiger partial charge on any atom is 0.247 e. The summed E-state index contributed by atoms with van der Waals surface area (Å²) in [6.07, 6.45) is 4.85. The number of carbonyl (C=O) groups is 1. The zero-order valence-electron chi connectivity index (χ0n) is 23.1. The Morgan fingerprint density at radius 2 is 1.83 bits per heavy atom. The fourth-order valence-electron chi connectivity index (χ4n) is 4.61. The van der Waals surface area contributed by atoms with Crippen LogP contribution in [0.25, 0.3) is 17.1 Å². The minimum atomic E-state index is -0.323. The van der Waals surface area contributed by atoms with E-state index < -0.39 is 0 Å². The molecule has 212 valence electrons. The molecule has 12 heteroatoms. The van der Waals surface area contributed by atoms with Crippen molar-refractivity contribution >= 4 is 40.5 Å². The zero-order valence-corrected chi connectivity index (χ0v) is 23.9. The van der Waals surface area contributed by atoms with Gasteiger partial charge in [0.15, 0.2) is 11.0 Å². The molecule has 0 saturated carbocycles.